The molecule has 31 heavy (non-hydrogen) atoms. The van der Waals surface area contributed by atoms with Crippen LogP contribution in [0.25, 0.3) is 0 Å². The van der Waals surface area contributed by atoms with E-state index in [1.807, 2.05) is 13.8 Å². The number of aromatic amines is 1. The van der Waals surface area contributed by atoms with Gasteiger partial charge in [-0.25, -0.2) is 9.37 Å². The van der Waals surface area contributed by atoms with Crippen molar-refractivity contribution in [3.63, 3.8) is 0 Å². The number of nitrogens with zero attached hydrogens (tertiary/aromatic N) is 1. The summed E-state index contributed by atoms with van der Waals surface area (Å²) in [6, 6.07) is 6.47. The van der Waals surface area contributed by atoms with Gasteiger partial charge in [-0.15, -0.1) is 0 Å². The molecule has 0 fully saturated rings. The third-order valence-corrected chi connectivity index (χ3v) is 6.58. The van der Waals surface area contributed by atoms with Crippen LogP contribution in [0.15, 0.2) is 34.2 Å². The summed E-state index contributed by atoms with van der Waals surface area (Å²) in [5.74, 6) is 0.133. The number of thioether (sulfide) groups is 1. The highest BCUT2D eigenvalue weighted by atomic mass is 32.2. The zero-order chi connectivity index (χ0) is 22.6. The van der Waals surface area contributed by atoms with Crippen LogP contribution < -0.4 is 15.6 Å². The van der Waals surface area contributed by atoms with Crippen molar-refractivity contribution in [2.45, 2.75) is 67.5 Å². The van der Waals surface area contributed by atoms with Crippen LogP contribution in [-0.2, 0) is 17.6 Å². The number of fused-ring (bicyclic) bond motifs is 1. The van der Waals surface area contributed by atoms with Crippen molar-refractivity contribution in [1.82, 2.24) is 9.97 Å². The SMILES string of the molecule is CC(C)(CC(C)(S)C(=O)Nc1ccc(OCF)cc1)Sc1nc2c(c(=O)[nH]1)CCCC2. The quantitative estimate of drug-likeness (QED) is 0.303. The summed E-state index contributed by atoms with van der Waals surface area (Å²) in [5.41, 5.74) is 2.20. The molecule has 1 heterocycles. The standard InChI is InChI=1S/C22H28FN3O3S2/c1-21(2,31-20-25-17-7-5-4-6-16(17)18(27)26-20)12-22(3,30)19(28)24-14-8-10-15(11-9-14)29-13-23/h8-11,30H,4-7,12-13H2,1-3H3,(H,24,28)(H,25,26,27). The lowest BCUT2D eigenvalue weighted by Crippen LogP contribution is -2.40. The molecule has 3 rings (SSSR count). The second kappa shape index (κ2) is 9.65. The predicted octanol–water partition coefficient (Wildman–Crippen LogP) is 4.54. The minimum absolute atomic E-state index is 0.0606. The van der Waals surface area contributed by atoms with E-state index < -0.39 is 16.4 Å². The van der Waals surface area contributed by atoms with Crippen LogP contribution in [0.4, 0.5) is 10.1 Å². The number of benzene rings is 1. The zero-order valence-electron chi connectivity index (χ0n) is 18.0. The molecule has 0 saturated carbocycles. The Morgan fingerprint density at radius 3 is 2.61 bits per heavy atom. The number of nitrogens with one attached hydrogen (secondary N) is 2. The summed E-state index contributed by atoms with van der Waals surface area (Å²) in [4.78, 5) is 32.8. The van der Waals surface area contributed by atoms with Gasteiger partial charge in [-0.2, -0.15) is 12.6 Å². The molecule has 1 aromatic carbocycles. The number of ether oxygens (including phenoxy) is 1. The highest BCUT2D eigenvalue weighted by Gasteiger charge is 2.37. The molecule has 0 radical (unpaired) electrons. The van der Waals surface area contributed by atoms with Crippen LogP contribution in [0.3, 0.4) is 0 Å². The Kier molecular flexibility index (Phi) is 7.36. The second-order valence-corrected chi connectivity index (χ2v) is 11.2. The van der Waals surface area contributed by atoms with E-state index in [4.69, 9.17) is 4.74 Å². The van der Waals surface area contributed by atoms with Gasteiger partial charge in [0.25, 0.3) is 5.56 Å². The Morgan fingerprint density at radius 2 is 1.94 bits per heavy atom. The molecule has 0 aliphatic heterocycles. The number of halogens is 1. The molecular weight excluding hydrogens is 437 g/mol. The summed E-state index contributed by atoms with van der Waals surface area (Å²) < 4.78 is 15.6. The van der Waals surface area contributed by atoms with E-state index in [1.165, 1.54) is 11.8 Å². The minimum atomic E-state index is -0.973. The van der Waals surface area contributed by atoms with Gasteiger partial charge in [0.2, 0.25) is 12.8 Å². The summed E-state index contributed by atoms with van der Waals surface area (Å²) in [6.07, 6.45) is 4.11. The Hall–Kier alpha value is -2.00. The van der Waals surface area contributed by atoms with Crippen LogP contribution in [0.2, 0.25) is 0 Å². The maximum atomic E-state index is 12.9. The van der Waals surface area contributed by atoms with Crippen molar-refractivity contribution in [3.8, 4) is 5.75 Å². The third-order valence-electron chi connectivity index (χ3n) is 5.14. The van der Waals surface area contributed by atoms with E-state index in [-0.39, 0.29) is 11.5 Å². The van der Waals surface area contributed by atoms with Gasteiger partial charge in [-0.3, -0.25) is 9.59 Å². The fourth-order valence-electron chi connectivity index (χ4n) is 3.80. The fraction of sp³-hybridized carbons (Fsp3) is 0.500. The minimum Gasteiger partial charge on any atom is -0.463 e. The fourth-order valence-corrected chi connectivity index (χ4v) is 5.54. The largest absolute Gasteiger partial charge is 0.463 e. The van der Waals surface area contributed by atoms with Crippen molar-refractivity contribution in [2.75, 3.05) is 12.2 Å². The Labute approximate surface area is 191 Å². The van der Waals surface area contributed by atoms with Crippen molar-refractivity contribution in [2.24, 2.45) is 0 Å². The Balaban J connectivity index is 1.66. The van der Waals surface area contributed by atoms with Gasteiger partial charge in [0.05, 0.1) is 10.4 Å². The number of amides is 1. The van der Waals surface area contributed by atoms with E-state index in [0.29, 0.717) is 23.0 Å². The zero-order valence-corrected chi connectivity index (χ0v) is 19.7. The molecule has 9 heteroatoms. The highest BCUT2D eigenvalue weighted by Crippen LogP contribution is 2.39. The molecule has 2 aromatic rings. The van der Waals surface area contributed by atoms with Crippen molar-refractivity contribution in [3.05, 3.63) is 45.9 Å². The number of carbonyl (C=O) groups excluding carboxylic acids is 1. The molecule has 1 atom stereocenters. The van der Waals surface area contributed by atoms with Gasteiger partial charge in [0.1, 0.15) is 5.75 Å². The number of aryl methyl sites for hydroxylation is 1. The molecule has 1 amide bonds. The van der Waals surface area contributed by atoms with Crippen LogP contribution in [0, 0.1) is 0 Å². The monoisotopic (exact) mass is 465 g/mol. The summed E-state index contributed by atoms with van der Waals surface area (Å²) in [7, 11) is 0. The third kappa shape index (κ3) is 6.26. The molecule has 6 nitrogen and oxygen atoms in total. The van der Waals surface area contributed by atoms with Gasteiger partial charge >= 0.3 is 0 Å². The smallest absolute Gasteiger partial charge is 0.254 e. The molecule has 168 valence electrons. The number of aromatic nitrogens is 2. The summed E-state index contributed by atoms with van der Waals surface area (Å²) in [5, 5.41) is 3.41. The van der Waals surface area contributed by atoms with Crippen molar-refractivity contribution < 1.29 is 13.9 Å². The first kappa shape index (κ1) is 23.7. The first-order valence-corrected chi connectivity index (χ1v) is 11.5. The summed E-state index contributed by atoms with van der Waals surface area (Å²) in [6.45, 7) is 4.86. The number of hydrogen-bond donors (Lipinski definition) is 3. The molecule has 0 saturated heterocycles. The first-order valence-electron chi connectivity index (χ1n) is 10.2. The number of carbonyl (C=O) groups is 1. The van der Waals surface area contributed by atoms with E-state index in [9.17, 15) is 14.0 Å². The maximum absolute atomic E-state index is 12.9. The normalized spacial score (nSPS) is 15.6. The Morgan fingerprint density at radius 1 is 1.26 bits per heavy atom. The van der Waals surface area contributed by atoms with Crippen LogP contribution >= 0.6 is 24.4 Å². The van der Waals surface area contributed by atoms with E-state index in [0.717, 1.165) is 36.9 Å². The van der Waals surface area contributed by atoms with Crippen molar-refractivity contribution in [1.29, 1.82) is 0 Å². The van der Waals surface area contributed by atoms with Crippen LogP contribution in [0.5, 0.6) is 5.75 Å². The second-order valence-electron chi connectivity index (χ2n) is 8.55. The number of thiol groups is 1. The average Bonchev–Trinajstić information content (AvgIpc) is 2.68. The molecular formula is C22H28FN3O3S2. The number of hydrogen-bond acceptors (Lipinski definition) is 6. The predicted molar refractivity (Wildman–Crippen MR) is 125 cm³/mol. The lowest BCUT2D eigenvalue weighted by atomic mass is 9.96. The number of alkyl halides is 1. The highest BCUT2D eigenvalue weighted by molar-refractivity contribution is 8.00. The topological polar surface area (TPSA) is 84.1 Å². The van der Waals surface area contributed by atoms with Gasteiger partial charge in [-0.1, -0.05) is 25.6 Å². The van der Waals surface area contributed by atoms with Crippen LogP contribution in [-0.4, -0.2) is 32.2 Å². The summed E-state index contributed by atoms with van der Waals surface area (Å²) >= 11 is 6.08. The maximum Gasteiger partial charge on any atom is 0.254 e. The average molecular weight is 466 g/mol. The van der Waals surface area contributed by atoms with Crippen molar-refractivity contribution >= 4 is 36.0 Å². The molecule has 1 aliphatic rings. The first-order chi connectivity index (χ1) is 14.6. The lowest BCUT2D eigenvalue weighted by Gasteiger charge is -2.32. The van der Waals surface area contributed by atoms with Gasteiger partial charge in [-0.05, 0) is 63.3 Å². The molecule has 0 bridgehead atoms. The molecule has 2 N–H and O–H groups in total. The van der Waals surface area contributed by atoms with Gasteiger partial charge < -0.3 is 15.0 Å². The Bertz CT molecular complexity index is 990. The molecule has 1 aromatic heterocycles. The van der Waals surface area contributed by atoms with Crippen LogP contribution in [0.1, 0.15) is 51.3 Å². The van der Waals surface area contributed by atoms with E-state index in [1.54, 1.807) is 31.2 Å². The van der Waals surface area contributed by atoms with E-state index >= 15 is 0 Å². The van der Waals surface area contributed by atoms with Gasteiger partial charge in [0.15, 0.2) is 5.16 Å². The lowest BCUT2D eigenvalue weighted by molar-refractivity contribution is -0.118. The molecule has 0 spiro atoms. The number of H-pyrrole nitrogens is 1. The van der Waals surface area contributed by atoms with Gasteiger partial charge in [0, 0.05) is 16.0 Å². The molecule has 1 aliphatic carbocycles. The van der Waals surface area contributed by atoms with E-state index in [2.05, 4.69) is 27.9 Å². The molecule has 1 unspecified atom stereocenters. The number of rotatable bonds is 8. The number of anilines is 1.